The maximum absolute atomic E-state index is 9.18. The van der Waals surface area contributed by atoms with Crippen molar-refractivity contribution in [2.45, 2.75) is 19.1 Å². The van der Waals surface area contributed by atoms with Crippen LogP contribution in [0.15, 0.2) is 22.8 Å². The van der Waals surface area contributed by atoms with Crippen molar-refractivity contribution >= 4 is 15.9 Å². The largest absolute Gasteiger partial charge is 0.391 e. The van der Waals surface area contributed by atoms with E-state index in [0.717, 1.165) is 4.60 Å². The van der Waals surface area contributed by atoms with E-state index in [1.165, 1.54) is 0 Å². The van der Waals surface area contributed by atoms with Crippen LogP contribution in [0.3, 0.4) is 0 Å². The van der Waals surface area contributed by atoms with Crippen LogP contribution in [-0.4, -0.2) is 16.2 Å². The molecular formula is C8H11BrN2O. The Hall–Kier alpha value is -0.450. The Morgan fingerprint density at radius 2 is 2.25 bits per heavy atom. The Morgan fingerprint density at radius 1 is 1.58 bits per heavy atom. The molecule has 3 N–H and O–H groups in total. The topological polar surface area (TPSA) is 59.1 Å². The van der Waals surface area contributed by atoms with Crippen molar-refractivity contribution < 1.29 is 5.11 Å². The Morgan fingerprint density at radius 3 is 2.75 bits per heavy atom. The SMILES string of the molecule is C[C@H](O)[C@H](N)c1cccc(Br)n1. The minimum atomic E-state index is -0.577. The van der Waals surface area contributed by atoms with Crippen LogP contribution in [0.25, 0.3) is 0 Å². The predicted molar refractivity (Wildman–Crippen MR) is 50.5 cm³/mol. The Bertz CT molecular complexity index is 265. The Balaban J connectivity index is 2.88. The molecule has 0 saturated carbocycles. The number of nitrogens with two attached hydrogens (primary N) is 1. The zero-order valence-corrected chi connectivity index (χ0v) is 8.32. The molecule has 12 heavy (non-hydrogen) atoms. The smallest absolute Gasteiger partial charge is 0.106 e. The number of halogens is 1. The van der Waals surface area contributed by atoms with Gasteiger partial charge in [-0.3, -0.25) is 0 Å². The zero-order valence-electron chi connectivity index (χ0n) is 6.74. The van der Waals surface area contributed by atoms with Gasteiger partial charge in [-0.05, 0) is 35.0 Å². The summed E-state index contributed by atoms with van der Waals surface area (Å²) < 4.78 is 0.733. The van der Waals surface area contributed by atoms with Gasteiger partial charge >= 0.3 is 0 Å². The summed E-state index contributed by atoms with van der Waals surface area (Å²) in [5.74, 6) is 0. The second-order valence-electron chi connectivity index (χ2n) is 2.65. The van der Waals surface area contributed by atoms with Crippen LogP contribution in [0.2, 0.25) is 0 Å². The van der Waals surface area contributed by atoms with Crippen LogP contribution in [0.4, 0.5) is 0 Å². The van der Waals surface area contributed by atoms with E-state index < -0.39 is 12.1 Å². The third-order valence-corrected chi connectivity index (χ3v) is 2.04. The Labute approximate surface area is 79.7 Å². The fourth-order valence-corrected chi connectivity index (χ4v) is 1.21. The summed E-state index contributed by atoms with van der Waals surface area (Å²) in [4.78, 5) is 4.13. The summed E-state index contributed by atoms with van der Waals surface area (Å²) in [6.45, 7) is 1.65. The van der Waals surface area contributed by atoms with Gasteiger partial charge in [0.1, 0.15) is 4.60 Å². The highest BCUT2D eigenvalue weighted by Gasteiger charge is 2.12. The summed E-state index contributed by atoms with van der Waals surface area (Å²) in [5, 5.41) is 9.18. The average Bonchev–Trinajstić information content (AvgIpc) is 2.03. The highest BCUT2D eigenvalue weighted by atomic mass is 79.9. The molecule has 0 saturated heterocycles. The average molecular weight is 231 g/mol. The molecule has 1 aromatic rings. The van der Waals surface area contributed by atoms with E-state index in [1.54, 1.807) is 13.0 Å². The van der Waals surface area contributed by atoms with Crippen LogP contribution >= 0.6 is 15.9 Å². The van der Waals surface area contributed by atoms with Gasteiger partial charge in [-0.1, -0.05) is 6.07 Å². The first-order valence-corrected chi connectivity index (χ1v) is 4.46. The molecule has 3 nitrogen and oxygen atoms in total. The van der Waals surface area contributed by atoms with Gasteiger partial charge in [-0.25, -0.2) is 4.98 Å². The lowest BCUT2D eigenvalue weighted by molar-refractivity contribution is 0.162. The molecular weight excluding hydrogens is 220 g/mol. The van der Waals surface area contributed by atoms with Gasteiger partial charge in [0.15, 0.2) is 0 Å². The van der Waals surface area contributed by atoms with Gasteiger partial charge in [0.2, 0.25) is 0 Å². The van der Waals surface area contributed by atoms with Gasteiger partial charge in [-0.2, -0.15) is 0 Å². The van der Waals surface area contributed by atoms with Crippen molar-refractivity contribution in [3.63, 3.8) is 0 Å². The van der Waals surface area contributed by atoms with Crippen molar-refractivity contribution in [3.8, 4) is 0 Å². The van der Waals surface area contributed by atoms with Gasteiger partial charge in [0.05, 0.1) is 17.8 Å². The summed E-state index contributed by atoms with van der Waals surface area (Å²) in [6, 6.07) is 5.04. The molecule has 0 aliphatic heterocycles. The molecule has 0 amide bonds. The molecule has 0 radical (unpaired) electrons. The van der Waals surface area contributed by atoms with Gasteiger partial charge in [-0.15, -0.1) is 0 Å². The van der Waals surface area contributed by atoms with Crippen LogP contribution in [0.5, 0.6) is 0 Å². The molecule has 0 aliphatic carbocycles. The van der Waals surface area contributed by atoms with Crippen LogP contribution < -0.4 is 5.73 Å². The lowest BCUT2D eigenvalue weighted by Crippen LogP contribution is -2.24. The number of nitrogens with zero attached hydrogens (tertiary/aromatic N) is 1. The summed E-state index contributed by atoms with van der Waals surface area (Å²) in [5.41, 5.74) is 6.37. The lowest BCUT2D eigenvalue weighted by Gasteiger charge is -2.13. The van der Waals surface area contributed by atoms with E-state index in [1.807, 2.05) is 12.1 Å². The first-order valence-electron chi connectivity index (χ1n) is 3.67. The molecule has 2 atom stereocenters. The van der Waals surface area contributed by atoms with E-state index >= 15 is 0 Å². The number of hydrogen-bond donors (Lipinski definition) is 2. The van der Waals surface area contributed by atoms with Crippen LogP contribution in [0.1, 0.15) is 18.7 Å². The monoisotopic (exact) mass is 230 g/mol. The molecule has 0 bridgehead atoms. The number of pyridine rings is 1. The molecule has 1 aromatic heterocycles. The first-order chi connectivity index (χ1) is 5.61. The quantitative estimate of drug-likeness (QED) is 0.752. The van der Waals surface area contributed by atoms with Gasteiger partial charge < -0.3 is 10.8 Å². The highest BCUT2D eigenvalue weighted by molar-refractivity contribution is 9.10. The molecule has 1 rings (SSSR count). The minimum Gasteiger partial charge on any atom is -0.391 e. The van der Waals surface area contributed by atoms with Crippen molar-refractivity contribution in [1.29, 1.82) is 0 Å². The number of rotatable bonds is 2. The van der Waals surface area contributed by atoms with Crippen LogP contribution in [0, 0.1) is 0 Å². The van der Waals surface area contributed by atoms with E-state index in [9.17, 15) is 5.11 Å². The van der Waals surface area contributed by atoms with E-state index in [2.05, 4.69) is 20.9 Å². The van der Waals surface area contributed by atoms with Crippen molar-refractivity contribution in [2.75, 3.05) is 0 Å². The predicted octanol–water partition coefficient (Wildman–Crippen LogP) is 1.22. The number of hydrogen-bond acceptors (Lipinski definition) is 3. The third kappa shape index (κ3) is 2.27. The van der Waals surface area contributed by atoms with Crippen molar-refractivity contribution in [3.05, 3.63) is 28.5 Å². The first kappa shape index (κ1) is 9.64. The van der Waals surface area contributed by atoms with Crippen LogP contribution in [-0.2, 0) is 0 Å². The summed E-state index contributed by atoms with van der Waals surface area (Å²) >= 11 is 3.23. The molecule has 0 spiro atoms. The fourth-order valence-electron chi connectivity index (χ4n) is 0.857. The van der Waals surface area contributed by atoms with E-state index in [0.29, 0.717) is 5.69 Å². The summed E-state index contributed by atoms with van der Waals surface area (Å²) in [6.07, 6.45) is -0.577. The molecule has 0 fully saturated rings. The maximum atomic E-state index is 9.18. The van der Waals surface area contributed by atoms with E-state index in [-0.39, 0.29) is 0 Å². The number of aliphatic hydroxyl groups excluding tert-OH is 1. The second kappa shape index (κ2) is 3.98. The molecule has 0 aliphatic rings. The molecule has 66 valence electrons. The maximum Gasteiger partial charge on any atom is 0.106 e. The highest BCUT2D eigenvalue weighted by Crippen LogP contribution is 2.14. The zero-order chi connectivity index (χ0) is 9.14. The van der Waals surface area contributed by atoms with Crippen molar-refractivity contribution in [1.82, 2.24) is 4.98 Å². The fraction of sp³-hybridized carbons (Fsp3) is 0.375. The van der Waals surface area contributed by atoms with E-state index in [4.69, 9.17) is 5.73 Å². The summed E-state index contributed by atoms with van der Waals surface area (Å²) in [7, 11) is 0. The molecule has 1 heterocycles. The number of aliphatic hydroxyl groups is 1. The standard InChI is InChI=1S/C8H11BrN2O/c1-5(12)8(10)6-3-2-4-7(9)11-6/h2-5,8,12H,10H2,1H3/t5-,8-/m0/s1. The molecule has 0 aromatic carbocycles. The lowest BCUT2D eigenvalue weighted by atomic mass is 10.1. The van der Waals surface area contributed by atoms with Gasteiger partial charge in [0, 0.05) is 0 Å². The Kier molecular flexibility index (Phi) is 3.20. The second-order valence-corrected chi connectivity index (χ2v) is 3.46. The number of aromatic nitrogens is 1. The normalized spacial score (nSPS) is 15.7. The van der Waals surface area contributed by atoms with Gasteiger partial charge in [0.25, 0.3) is 0 Å². The molecule has 4 heteroatoms. The minimum absolute atomic E-state index is 0.414. The third-order valence-electron chi connectivity index (χ3n) is 1.60. The molecule has 0 unspecified atom stereocenters. The van der Waals surface area contributed by atoms with Crippen molar-refractivity contribution in [2.24, 2.45) is 5.73 Å².